The molecule has 2 fully saturated rings. The van der Waals surface area contributed by atoms with Crippen LogP contribution in [0.25, 0.3) is 0 Å². The van der Waals surface area contributed by atoms with Crippen molar-refractivity contribution in [1.82, 2.24) is 25.1 Å². The van der Waals surface area contributed by atoms with Crippen molar-refractivity contribution < 1.29 is 28.5 Å². The van der Waals surface area contributed by atoms with Gasteiger partial charge in [-0.05, 0) is 92.9 Å². The van der Waals surface area contributed by atoms with Gasteiger partial charge in [-0.25, -0.2) is 19.6 Å². The molecule has 2 aliphatic heterocycles. The Morgan fingerprint density at radius 1 is 0.625 bits per heavy atom. The Morgan fingerprint density at radius 2 is 1.07 bits per heavy atom. The quantitative estimate of drug-likeness (QED) is 0.182. The fourth-order valence-electron chi connectivity index (χ4n) is 5.19. The number of hydrogen-bond acceptors (Lipinski definition) is 10. The topological polar surface area (TPSA) is 119 Å². The van der Waals surface area contributed by atoms with Gasteiger partial charge in [0.05, 0.1) is 12.4 Å². The monoisotopic (exact) mass is 834 g/mol. The minimum absolute atomic E-state index is 0. The van der Waals surface area contributed by atoms with Crippen LogP contribution < -0.4 is 19.7 Å². The van der Waals surface area contributed by atoms with E-state index in [1.807, 2.05) is 126 Å². The second-order valence-corrected chi connectivity index (χ2v) is 15.7. The highest BCUT2D eigenvalue weighted by atomic mass is 79.9. The molecular formula is C43H59BrN6O6. The molecule has 4 heterocycles. The molecule has 2 amide bonds. The summed E-state index contributed by atoms with van der Waals surface area (Å²) in [6, 6.07) is 27.8. The third-order valence-corrected chi connectivity index (χ3v) is 8.41. The van der Waals surface area contributed by atoms with Crippen LogP contribution in [0.2, 0.25) is 0 Å². The Balaban J connectivity index is 0.000000245. The van der Waals surface area contributed by atoms with Gasteiger partial charge in [0.25, 0.3) is 0 Å². The van der Waals surface area contributed by atoms with Crippen molar-refractivity contribution in [1.29, 1.82) is 0 Å². The van der Waals surface area contributed by atoms with Crippen LogP contribution in [0, 0.1) is 0 Å². The number of nitrogens with one attached hydrogen (secondary N) is 1. The number of carbonyl (C=O) groups excluding carboxylic acids is 2. The molecule has 1 N–H and O–H groups in total. The lowest BCUT2D eigenvalue weighted by Crippen LogP contribution is -2.50. The Hall–Kier alpha value is -4.88. The van der Waals surface area contributed by atoms with E-state index in [4.69, 9.17) is 18.9 Å². The normalized spacial score (nSPS) is 14.1. The lowest BCUT2D eigenvalue weighted by atomic mass is 10.2. The molecule has 0 unspecified atom stereocenters. The zero-order valence-corrected chi connectivity index (χ0v) is 34.5. The van der Waals surface area contributed by atoms with E-state index < -0.39 is 5.60 Å². The number of benzene rings is 2. The van der Waals surface area contributed by atoms with E-state index in [0.717, 1.165) is 72.3 Å². The summed E-state index contributed by atoms with van der Waals surface area (Å²) in [5.74, 6) is 2.42. The first-order valence-corrected chi connectivity index (χ1v) is 19.4. The third-order valence-electron chi connectivity index (χ3n) is 7.94. The Kier molecular flexibility index (Phi) is 18.4. The standard InChI is InChI=1S/C21H27N3O3.C12H10BrNO.C9H18N2O2.CH4/c1-21(2,3)27-20(25)24-13-11-23(12-14-24)19-10-9-18(15-22-19)26-16-17-7-5-4-6-8-17;13-12-7-6-11(8-14-12)15-9-10-4-2-1-3-5-10;1-9(2,3)13-8(12)11-6-4-10-5-7-11;/h4-10,15H,11-14,16H2,1-3H3;1-8H,9H2;10H,4-7H2,1-3H3;1H4. The number of halogens is 1. The number of nitrogens with zero attached hydrogens (tertiary/aromatic N) is 5. The molecule has 56 heavy (non-hydrogen) atoms. The zero-order valence-electron chi connectivity index (χ0n) is 32.9. The average molecular weight is 836 g/mol. The fraction of sp³-hybridized carbons (Fsp3) is 0.442. The van der Waals surface area contributed by atoms with E-state index in [1.54, 1.807) is 22.2 Å². The van der Waals surface area contributed by atoms with Crippen molar-refractivity contribution in [3.05, 3.63) is 113 Å². The predicted octanol–water partition coefficient (Wildman–Crippen LogP) is 8.60. The molecule has 2 aliphatic rings. The van der Waals surface area contributed by atoms with Crippen LogP contribution in [-0.4, -0.2) is 95.5 Å². The van der Waals surface area contributed by atoms with Crippen molar-refractivity contribution >= 4 is 33.9 Å². The minimum Gasteiger partial charge on any atom is -0.487 e. The summed E-state index contributed by atoms with van der Waals surface area (Å²) in [6.07, 6.45) is 3.00. The summed E-state index contributed by atoms with van der Waals surface area (Å²) >= 11 is 3.27. The number of rotatable bonds is 7. The molecule has 0 bridgehead atoms. The summed E-state index contributed by atoms with van der Waals surface area (Å²) in [5.41, 5.74) is 1.42. The average Bonchev–Trinajstić information content (AvgIpc) is 3.17. The summed E-state index contributed by atoms with van der Waals surface area (Å²) < 4.78 is 22.8. The lowest BCUT2D eigenvalue weighted by molar-refractivity contribution is 0.0223. The molecule has 0 aliphatic carbocycles. The fourth-order valence-corrected chi connectivity index (χ4v) is 5.43. The van der Waals surface area contributed by atoms with Gasteiger partial charge in [-0.2, -0.15) is 0 Å². The molecule has 12 nitrogen and oxygen atoms in total. The molecule has 2 aromatic carbocycles. The van der Waals surface area contributed by atoms with Crippen LogP contribution in [0.1, 0.15) is 60.1 Å². The van der Waals surface area contributed by atoms with Gasteiger partial charge in [0.2, 0.25) is 0 Å². The number of carbonyl (C=O) groups is 2. The van der Waals surface area contributed by atoms with Crippen molar-refractivity contribution in [2.45, 2.75) is 73.4 Å². The third kappa shape index (κ3) is 17.3. The minimum atomic E-state index is -0.467. The molecular weight excluding hydrogens is 776 g/mol. The van der Waals surface area contributed by atoms with Gasteiger partial charge >= 0.3 is 12.2 Å². The number of piperazine rings is 2. The molecule has 0 spiro atoms. The summed E-state index contributed by atoms with van der Waals surface area (Å²) in [7, 11) is 0. The van der Waals surface area contributed by atoms with Gasteiger partial charge in [0, 0.05) is 52.4 Å². The van der Waals surface area contributed by atoms with E-state index in [-0.39, 0.29) is 25.2 Å². The highest BCUT2D eigenvalue weighted by Gasteiger charge is 2.26. The molecule has 4 aromatic rings. The van der Waals surface area contributed by atoms with Gasteiger partial charge in [-0.1, -0.05) is 68.1 Å². The van der Waals surface area contributed by atoms with Crippen LogP contribution >= 0.6 is 15.9 Å². The smallest absolute Gasteiger partial charge is 0.410 e. The number of amides is 2. The SMILES string of the molecule is Brc1ccc(OCc2ccccc2)cn1.C.CC(C)(C)OC(=O)N1CCN(c2ccc(OCc3ccccc3)cn2)CC1.CC(C)(C)OC(=O)N1CCNCC1. The molecule has 0 saturated carbocycles. The van der Waals surface area contributed by atoms with E-state index in [9.17, 15) is 9.59 Å². The maximum absolute atomic E-state index is 12.1. The molecule has 6 rings (SSSR count). The molecule has 2 saturated heterocycles. The van der Waals surface area contributed by atoms with Gasteiger partial charge in [-0.15, -0.1) is 0 Å². The maximum atomic E-state index is 12.1. The molecule has 0 atom stereocenters. The highest BCUT2D eigenvalue weighted by Crippen LogP contribution is 2.20. The van der Waals surface area contributed by atoms with Crippen molar-refractivity contribution in [3.63, 3.8) is 0 Å². The Morgan fingerprint density at radius 3 is 1.48 bits per heavy atom. The van der Waals surface area contributed by atoms with Crippen LogP contribution in [-0.2, 0) is 22.7 Å². The van der Waals surface area contributed by atoms with E-state index in [2.05, 4.69) is 36.1 Å². The highest BCUT2D eigenvalue weighted by molar-refractivity contribution is 9.10. The van der Waals surface area contributed by atoms with E-state index in [1.165, 1.54) is 0 Å². The Labute approximate surface area is 341 Å². The van der Waals surface area contributed by atoms with Gasteiger partial charge in [-0.3, -0.25) is 0 Å². The van der Waals surface area contributed by atoms with Crippen LogP contribution in [0.3, 0.4) is 0 Å². The zero-order chi connectivity index (χ0) is 39.7. The molecule has 2 aromatic heterocycles. The first-order chi connectivity index (χ1) is 26.2. The largest absolute Gasteiger partial charge is 0.487 e. The number of anilines is 1. The second-order valence-electron chi connectivity index (χ2n) is 14.9. The predicted molar refractivity (Wildman–Crippen MR) is 225 cm³/mol. The summed E-state index contributed by atoms with van der Waals surface area (Å²) in [6.45, 7) is 18.3. The molecule has 304 valence electrons. The number of hydrogen-bond donors (Lipinski definition) is 1. The summed E-state index contributed by atoms with van der Waals surface area (Å²) in [4.78, 5) is 37.9. The molecule has 13 heteroatoms. The van der Waals surface area contributed by atoms with Crippen molar-refractivity contribution in [2.75, 3.05) is 57.3 Å². The molecule has 0 radical (unpaired) electrons. The second kappa shape index (κ2) is 22.6. The van der Waals surface area contributed by atoms with Crippen LogP contribution in [0.5, 0.6) is 11.5 Å². The van der Waals surface area contributed by atoms with Crippen molar-refractivity contribution in [2.24, 2.45) is 0 Å². The van der Waals surface area contributed by atoms with E-state index >= 15 is 0 Å². The first-order valence-electron chi connectivity index (χ1n) is 18.6. The Bertz CT molecular complexity index is 1700. The van der Waals surface area contributed by atoms with E-state index in [0.29, 0.717) is 26.3 Å². The first kappa shape index (κ1) is 45.5. The number of ether oxygens (including phenoxy) is 4. The maximum Gasteiger partial charge on any atom is 0.410 e. The number of aromatic nitrogens is 2. The van der Waals surface area contributed by atoms with Gasteiger partial charge in [0.15, 0.2) is 0 Å². The summed E-state index contributed by atoms with van der Waals surface area (Å²) in [5, 5.41) is 3.18. The van der Waals surface area contributed by atoms with Crippen molar-refractivity contribution in [3.8, 4) is 11.5 Å². The van der Waals surface area contributed by atoms with Gasteiger partial charge < -0.3 is 39.0 Å². The number of pyridine rings is 2. The van der Waals surface area contributed by atoms with Gasteiger partial charge in [0.1, 0.15) is 46.3 Å². The lowest BCUT2D eigenvalue weighted by Gasteiger charge is -2.36. The van der Waals surface area contributed by atoms with Crippen LogP contribution in [0.15, 0.2) is 102 Å². The van der Waals surface area contributed by atoms with Crippen LogP contribution in [0.4, 0.5) is 15.4 Å².